The molecule has 0 aliphatic heterocycles. The lowest BCUT2D eigenvalue weighted by atomic mass is 10.1. The molecule has 1 aromatic carbocycles. The van der Waals surface area contributed by atoms with E-state index in [0.717, 1.165) is 27.7 Å². The second kappa shape index (κ2) is 6.97. The molecular weight excluding hydrogens is 371 g/mol. The highest BCUT2D eigenvalue weighted by Crippen LogP contribution is 2.30. The molecule has 0 fully saturated rings. The van der Waals surface area contributed by atoms with Crippen molar-refractivity contribution in [3.8, 4) is 22.6 Å². The molecule has 0 saturated heterocycles. The van der Waals surface area contributed by atoms with Gasteiger partial charge in [-0.3, -0.25) is 4.68 Å². The van der Waals surface area contributed by atoms with E-state index in [1.54, 1.807) is 35.4 Å². The van der Waals surface area contributed by atoms with Crippen LogP contribution >= 0.6 is 0 Å². The lowest BCUT2D eigenvalue weighted by Gasteiger charge is -2.00. The third kappa shape index (κ3) is 3.29. The first-order chi connectivity index (χ1) is 14.2. The van der Waals surface area contributed by atoms with Crippen LogP contribution < -0.4 is 0 Å². The fraction of sp³-hybridized carbons (Fsp3) is 0.143. The predicted octanol–water partition coefficient (Wildman–Crippen LogP) is 3.94. The number of hydrogen-bond donors (Lipinski definition) is 1. The van der Waals surface area contributed by atoms with Gasteiger partial charge in [0.05, 0.1) is 11.8 Å². The number of rotatable bonds is 5. The van der Waals surface area contributed by atoms with E-state index in [2.05, 4.69) is 25.3 Å². The summed E-state index contributed by atoms with van der Waals surface area (Å²) in [6, 6.07) is 8.73. The van der Waals surface area contributed by atoms with Crippen molar-refractivity contribution in [3.05, 3.63) is 72.4 Å². The second-order valence-corrected chi connectivity index (χ2v) is 6.82. The van der Waals surface area contributed by atoms with Crippen LogP contribution in [-0.4, -0.2) is 29.9 Å². The quantitative estimate of drug-likeness (QED) is 0.493. The summed E-state index contributed by atoms with van der Waals surface area (Å²) in [4.78, 5) is 7.62. The maximum Gasteiger partial charge on any atom is 0.249 e. The molecule has 0 bridgehead atoms. The molecule has 0 aliphatic rings. The molecule has 0 saturated carbocycles. The number of aromatic amines is 1. The molecule has 7 nitrogen and oxygen atoms in total. The molecule has 0 aliphatic carbocycles. The Balaban J connectivity index is 1.43. The molecule has 0 spiro atoms. The smallest absolute Gasteiger partial charge is 0.249 e. The standard InChI is InChI=1S/C21H17FN6O/c1-28-12-15(10-25-28)14-8-16-17(11-24-20(16)23-9-14)21-27-26-19(29-21)7-6-13-4-2-3-5-18(13)22/h2-5,8-12H,6-7H2,1H3,(H,23,24). The van der Waals surface area contributed by atoms with E-state index in [-0.39, 0.29) is 5.82 Å². The van der Waals surface area contributed by atoms with Crippen LogP contribution in [-0.2, 0) is 19.9 Å². The summed E-state index contributed by atoms with van der Waals surface area (Å²) in [6.45, 7) is 0. The minimum Gasteiger partial charge on any atom is -0.421 e. The Kier molecular flexibility index (Phi) is 4.16. The number of nitrogens with one attached hydrogen (secondary N) is 1. The second-order valence-electron chi connectivity index (χ2n) is 6.82. The van der Waals surface area contributed by atoms with Crippen LogP contribution in [0.15, 0.2) is 59.5 Å². The zero-order valence-corrected chi connectivity index (χ0v) is 15.6. The molecule has 5 rings (SSSR count). The number of H-pyrrole nitrogens is 1. The maximum absolute atomic E-state index is 13.8. The number of aryl methyl sites for hydroxylation is 3. The van der Waals surface area contributed by atoms with Crippen molar-refractivity contribution in [1.82, 2.24) is 29.9 Å². The first-order valence-corrected chi connectivity index (χ1v) is 9.20. The number of benzene rings is 1. The van der Waals surface area contributed by atoms with Crippen LogP contribution in [0.5, 0.6) is 0 Å². The fourth-order valence-electron chi connectivity index (χ4n) is 3.31. The van der Waals surface area contributed by atoms with Gasteiger partial charge in [-0.2, -0.15) is 5.10 Å². The van der Waals surface area contributed by atoms with Gasteiger partial charge in [0.2, 0.25) is 11.8 Å². The Bertz CT molecular complexity index is 1300. The molecule has 29 heavy (non-hydrogen) atoms. The summed E-state index contributed by atoms with van der Waals surface area (Å²) >= 11 is 0. The Morgan fingerprint density at radius 1 is 1.10 bits per heavy atom. The van der Waals surface area contributed by atoms with Gasteiger partial charge in [-0.05, 0) is 24.1 Å². The summed E-state index contributed by atoms with van der Waals surface area (Å²) in [5, 5.41) is 13.4. The number of nitrogens with zero attached hydrogens (tertiary/aromatic N) is 5. The van der Waals surface area contributed by atoms with Gasteiger partial charge < -0.3 is 9.40 Å². The van der Waals surface area contributed by atoms with Crippen molar-refractivity contribution in [2.45, 2.75) is 12.8 Å². The van der Waals surface area contributed by atoms with E-state index in [9.17, 15) is 4.39 Å². The summed E-state index contributed by atoms with van der Waals surface area (Å²) in [5.41, 5.74) is 4.07. The van der Waals surface area contributed by atoms with E-state index in [1.807, 2.05) is 25.4 Å². The molecule has 0 atom stereocenters. The number of fused-ring (bicyclic) bond motifs is 1. The average molecular weight is 388 g/mol. The molecule has 8 heteroatoms. The van der Waals surface area contributed by atoms with Gasteiger partial charge in [0.1, 0.15) is 11.5 Å². The molecule has 1 N–H and O–H groups in total. The van der Waals surface area contributed by atoms with Gasteiger partial charge in [-0.1, -0.05) is 18.2 Å². The number of pyridine rings is 1. The highest BCUT2D eigenvalue weighted by atomic mass is 19.1. The van der Waals surface area contributed by atoms with Crippen LogP contribution in [0.25, 0.3) is 33.6 Å². The minimum absolute atomic E-state index is 0.224. The van der Waals surface area contributed by atoms with Crippen LogP contribution in [0.3, 0.4) is 0 Å². The normalized spacial score (nSPS) is 11.4. The first-order valence-electron chi connectivity index (χ1n) is 9.20. The van der Waals surface area contributed by atoms with Crippen LogP contribution in [0.1, 0.15) is 11.5 Å². The van der Waals surface area contributed by atoms with E-state index in [0.29, 0.717) is 30.2 Å². The molecule has 5 aromatic rings. The molecule has 4 heterocycles. The zero-order chi connectivity index (χ0) is 19.8. The minimum atomic E-state index is -0.224. The lowest BCUT2D eigenvalue weighted by Crippen LogP contribution is -1.94. The van der Waals surface area contributed by atoms with Crippen molar-refractivity contribution in [3.63, 3.8) is 0 Å². The lowest BCUT2D eigenvalue weighted by molar-refractivity contribution is 0.502. The Morgan fingerprint density at radius 2 is 2.00 bits per heavy atom. The summed E-state index contributed by atoms with van der Waals surface area (Å²) in [5.74, 6) is 0.650. The van der Waals surface area contributed by atoms with Crippen LogP contribution in [0.4, 0.5) is 4.39 Å². The average Bonchev–Trinajstić information content (AvgIpc) is 3.46. The highest BCUT2D eigenvalue weighted by Gasteiger charge is 2.15. The highest BCUT2D eigenvalue weighted by molar-refractivity contribution is 5.93. The van der Waals surface area contributed by atoms with Gasteiger partial charge in [0.25, 0.3) is 0 Å². The number of hydrogen-bond acceptors (Lipinski definition) is 5. The van der Waals surface area contributed by atoms with Gasteiger partial charge in [0, 0.05) is 48.6 Å². The van der Waals surface area contributed by atoms with Gasteiger partial charge >= 0.3 is 0 Å². The van der Waals surface area contributed by atoms with Gasteiger partial charge in [-0.15, -0.1) is 10.2 Å². The maximum atomic E-state index is 13.8. The fourth-order valence-corrected chi connectivity index (χ4v) is 3.31. The number of aromatic nitrogens is 6. The Labute approximate surface area is 165 Å². The summed E-state index contributed by atoms with van der Waals surface area (Å²) in [7, 11) is 1.87. The third-order valence-electron chi connectivity index (χ3n) is 4.83. The van der Waals surface area contributed by atoms with Crippen molar-refractivity contribution >= 4 is 11.0 Å². The number of halogens is 1. The van der Waals surface area contributed by atoms with E-state index in [4.69, 9.17) is 4.42 Å². The molecule has 0 radical (unpaired) electrons. The van der Waals surface area contributed by atoms with Crippen LogP contribution in [0.2, 0.25) is 0 Å². The molecule has 0 amide bonds. The zero-order valence-electron chi connectivity index (χ0n) is 15.6. The van der Waals surface area contributed by atoms with E-state index >= 15 is 0 Å². The van der Waals surface area contributed by atoms with E-state index < -0.39 is 0 Å². The van der Waals surface area contributed by atoms with Crippen LogP contribution in [0, 0.1) is 5.82 Å². The summed E-state index contributed by atoms with van der Waals surface area (Å²) < 4.78 is 21.4. The third-order valence-corrected chi connectivity index (χ3v) is 4.83. The van der Waals surface area contributed by atoms with Crippen molar-refractivity contribution in [1.29, 1.82) is 0 Å². The molecule has 144 valence electrons. The predicted molar refractivity (Wildman–Crippen MR) is 105 cm³/mol. The van der Waals surface area contributed by atoms with Crippen molar-refractivity contribution in [2.24, 2.45) is 7.05 Å². The molecule has 4 aromatic heterocycles. The van der Waals surface area contributed by atoms with Crippen molar-refractivity contribution < 1.29 is 8.81 Å². The van der Waals surface area contributed by atoms with E-state index in [1.165, 1.54) is 6.07 Å². The Hall–Kier alpha value is -3.81. The first kappa shape index (κ1) is 17.3. The summed E-state index contributed by atoms with van der Waals surface area (Å²) in [6.07, 6.45) is 8.29. The molecular formula is C21H17FN6O. The Morgan fingerprint density at radius 3 is 2.83 bits per heavy atom. The largest absolute Gasteiger partial charge is 0.421 e. The van der Waals surface area contributed by atoms with Gasteiger partial charge in [0.15, 0.2) is 0 Å². The monoisotopic (exact) mass is 388 g/mol. The van der Waals surface area contributed by atoms with Gasteiger partial charge in [-0.25, -0.2) is 9.37 Å². The molecule has 0 unspecified atom stereocenters. The topological polar surface area (TPSA) is 85.4 Å². The SMILES string of the molecule is Cn1cc(-c2cnc3[nH]cc(-c4nnc(CCc5ccccc5F)o4)c3c2)cn1. The van der Waals surface area contributed by atoms with Crippen molar-refractivity contribution in [2.75, 3.05) is 0 Å².